The molecule has 1 amide bonds. The van der Waals surface area contributed by atoms with Crippen LogP contribution in [0, 0.1) is 0 Å². The smallest absolute Gasteiger partial charge is 0.345 e. The molecule has 0 saturated heterocycles. The van der Waals surface area contributed by atoms with Gasteiger partial charge in [-0.2, -0.15) is 5.10 Å². The number of benzene rings is 1. The molecule has 1 aliphatic rings. The van der Waals surface area contributed by atoms with Crippen LogP contribution >= 0.6 is 0 Å². The van der Waals surface area contributed by atoms with Crippen LogP contribution in [-0.4, -0.2) is 42.5 Å². The maximum Gasteiger partial charge on any atom is 0.345 e. The number of aromatic hydroxyl groups is 1. The Morgan fingerprint density at radius 3 is 2.77 bits per heavy atom. The molecule has 140 valence electrons. The molecule has 1 aromatic rings. The number of ether oxygens (including phenoxy) is 2. The number of unbranched alkanes of at least 4 members (excludes halogenated alkanes) is 1. The van der Waals surface area contributed by atoms with Crippen molar-refractivity contribution >= 4 is 17.6 Å². The predicted molar refractivity (Wildman–Crippen MR) is 95.5 cm³/mol. The summed E-state index contributed by atoms with van der Waals surface area (Å²) in [7, 11) is 0. The van der Waals surface area contributed by atoms with Crippen LogP contribution in [0.25, 0.3) is 0 Å². The number of nitrogens with zero attached hydrogens (tertiary/aromatic N) is 1. The van der Waals surface area contributed by atoms with Crippen molar-refractivity contribution in [1.82, 2.24) is 10.7 Å². The first-order valence-corrected chi connectivity index (χ1v) is 8.51. The average molecular weight is 361 g/mol. The molecule has 0 aliphatic carbocycles. The number of rotatable bonds is 8. The highest BCUT2D eigenvalue weighted by molar-refractivity contribution is 6.22. The molecular weight excluding hydrogens is 338 g/mol. The number of phenolic OH excluding ortho intramolecular Hbond substituents is 1. The summed E-state index contributed by atoms with van der Waals surface area (Å²) >= 11 is 0. The summed E-state index contributed by atoms with van der Waals surface area (Å²) in [5, 5.41) is 16.8. The first-order valence-electron chi connectivity index (χ1n) is 8.51. The lowest BCUT2D eigenvalue weighted by Crippen LogP contribution is -2.24. The quantitative estimate of drug-likeness (QED) is 0.369. The molecule has 0 unspecified atom stereocenters. The molecule has 1 heterocycles. The first-order chi connectivity index (χ1) is 12.6. The minimum absolute atomic E-state index is 0.0314. The highest BCUT2D eigenvalue weighted by Crippen LogP contribution is 2.18. The average Bonchev–Trinajstić information content (AvgIpc) is 3.03. The second-order valence-corrected chi connectivity index (χ2v) is 5.51. The molecule has 0 fully saturated rings. The number of phenols is 1. The summed E-state index contributed by atoms with van der Waals surface area (Å²) in [6.45, 7) is 4.65. The van der Waals surface area contributed by atoms with Crippen LogP contribution in [0.4, 0.5) is 0 Å². The molecule has 0 aromatic heterocycles. The van der Waals surface area contributed by atoms with E-state index in [4.69, 9.17) is 9.47 Å². The lowest BCUT2D eigenvalue weighted by Gasteiger charge is -2.08. The van der Waals surface area contributed by atoms with E-state index in [1.165, 1.54) is 12.1 Å². The molecule has 8 heteroatoms. The van der Waals surface area contributed by atoms with E-state index in [0.717, 1.165) is 12.8 Å². The summed E-state index contributed by atoms with van der Waals surface area (Å²) < 4.78 is 10.5. The van der Waals surface area contributed by atoms with Crippen molar-refractivity contribution in [3.63, 3.8) is 0 Å². The SMILES string of the molecule is CCCCNC1=C(C(=O)OCC)/C(=N/NC(=O)c2ccccc2O)CO1. The second kappa shape index (κ2) is 9.45. The van der Waals surface area contributed by atoms with Crippen molar-refractivity contribution in [2.45, 2.75) is 26.7 Å². The van der Waals surface area contributed by atoms with Gasteiger partial charge in [0.25, 0.3) is 5.91 Å². The fourth-order valence-corrected chi connectivity index (χ4v) is 2.28. The minimum Gasteiger partial charge on any atom is -0.507 e. The number of amides is 1. The van der Waals surface area contributed by atoms with E-state index in [1.54, 1.807) is 19.1 Å². The van der Waals surface area contributed by atoms with Crippen molar-refractivity contribution in [1.29, 1.82) is 0 Å². The van der Waals surface area contributed by atoms with Crippen LogP contribution < -0.4 is 10.7 Å². The molecule has 26 heavy (non-hydrogen) atoms. The van der Waals surface area contributed by atoms with E-state index in [1.807, 2.05) is 0 Å². The van der Waals surface area contributed by atoms with Gasteiger partial charge < -0.3 is 19.9 Å². The third kappa shape index (κ3) is 4.75. The maximum atomic E-state index is 12.2. The highest BCUT2D eigenvalue weighted by atomic mass is 16.5. The molecule has 8 nitrogen and oxygen atoms in total. The maximum absolute atomic E-state index is 12.2. The molecule has 0 saturated carbocycles. The minimum atomic E-state index is -0.591. The Labute approximate surface area is 151 Å². The van der Waals surface area contributed by atoms with Gasteiger partial charge in [0, 0.05) is 6.54 Å². The van der Waals surface area contributed by atoms with Gasteiger partial charge in [0.2, 0.25) is 5.88 Å². The van der Waals surface area contributed by atoms with Gasteiger partial charge in [0.15, 0.2) is 0 Å². The van der Waals surface area contributed by atoms with Gasteiger partial charge in [-0.15, -0.1) is 0 Å². The first kappa shape index (κ1) is 19.3. The topological polar surface area (TPSA) is 109 Å². The highest BCUT2D eigenvalue weighted by Gasteiger charge is 2.30. The zero-order chi connectivity index (χ0) is 18.9. The third-order valence-electron chi connectivity index (χ3n) is 3.61. The van der Waals surface area contributed by atoms with Crippen molar-refractivity contribution in [3.8, 4) is 5.75 Å². The molecule has 0 bridgehead atoms. The number of para-hydroxylation sites is 1. The molecule has 1 aromatic carbocycles. The number of hydrazone groups is 1. The fourth-order valence-electron chi connectivity index (χ4n) is 2.28. The van der Waals surface area contributed by atoms with E-state index >= 15 is 0 Å². The largest absolute Gasteiger partial charge is 0.507 e. The lowest BCUT2D eigenvalue weighted by molar-refractivity contribution is -0.138. The van der Waals surface area contributed by atoms with E-state index in [-0.39, 0.29) is 35.8 Å². The van der Waals surface area contributed by atoms with Gasteiger partial charge in [-0.05, 0) is 25.5 Å². The van der Waals surface area contributed by atoms with E-state index in [0.29, 0.717) is 12.4 Å². The lowest BCUT2D eigenvalue weighted by atomic mass is 10.2. The van der Waals surface area contributed by atoms with Crippen molar-refractivity contribution in [2.75, 3.05) is 19.8 Å². The standard InChI is InChI=1S/C18H23N3O5/c1-3-5-10-19-17-15(18(24)25-4-2)13(11-26-17)20-21-16(23)12-8-6-7-9-14(12)22/h6-9,19,22H,3-5,10-11H2,1-2H3,(H,21,23)/b20-13+. The van der Waals surface area contributed by atoms with Crippen LogP contribution in [-0.2, 0) is 14.3 Å². The van der Waals surface area contributed by atoms with Crippen molar-refractivity contribution in [2.24, 2.45) is 5.10 Å². The molecule has 0 spiro atoms. The van der Waals surface area contributed by atoms with Gasteiger partial charge in [-0.25, -0.2) is 10.2 Å². The van der Waals surface area contributed by atoms with E-state index in [9.17, 15) is 14.7 Å². The summed E-state index contributed by atoms with van der Waals surface area (Å²) in [6.07, 6.45) is 1.91. The number of hydrogen-bond acceptors (Lipinski definition) is 7. The molecule has 0 atom stereocenters. The Kier molecular flexibility index (Phi) is 7.02. The molecule has 1 aliphatic heterocycles. The van der Waals surface area contributed by atoms with Gasteiger partial charge in [-0.3, -0.25) is 4.79 Å². The Hall–Kier alpha value is -3.03. The van der Waals surface area contributed by atoms with Crippen molar-refractivity contribution in [3.05, 3.63) is 41.3 Å². The van der Waals surface area contributed by atoms with E-state index < -0.39 is 11.9 Å². The number of nitrogens with one attached hydrogen (secondary N) is 2. The monoisotopic (exact) mass is 361 g/mol. The van der Waals surface area contributed by atoms with Crippen LogP contribution in [0.2, 0.25) is 0 Å². The summed E-state index contributed by atoms with van der Waals surface area (Å²) in [5.41, 5.74) is 2.84. The van der Waals surface area contributed by atoms with Crippen LogP contribution in [0.1, 0.15) is 37.0 Å². The Bertz CT molecular complexity index is 727. The van der Waals surface area contributed by atoms with Gasteiger partial charge in [0.05, 0.1) is 12.2 Å². The number of esters is 1. The normalized spacial score (nSPS) is 14.9. The molecule has 2 rings (SSSR count). The third-order valence-corrected chi connectivity index (χ3v) is 3.61. The zero-order valence-electron chi connectivity index (χ0n) is 14.9. The fraction of sp³-hybridized carbons (Fsp3) is 0.389. The Balaban J connectivity index is 2.17. The molecule has 0 radical (unpaired) electrons. The second-order valence-electron chi connectivity index (χ2n) is 5.51. The molecule has 3 N–H and O–H groups in total. The zero-order valence-corrected chi connectivity index (χ0v) is 14.9. The van der Waals surface area contributed by atoms with Crippen LogP contribution in [0.3, 0.4) is 0 Å². The number of carbonyl (C=O) groups is 2. The predicted octanol–water partition coefficient (Wildman–Crippen LogP) is 1.67. The van der Waals surface area contributed by atoms with E-state index in [2.05, 4.69) is 22.8 Å². The summed E-state index contributed by atoms with van der Waals surface area (Å²) in [6, 6.07) is 6.11. The van der Waals surface area contributed by atoms with Crippen molar-refractivity contribution < 1.29 is 24.2 Å². The summed E-state index contributed by atoms with van der Waals surface area (Å²) in [5.74, 6) is -1.02. The molecular formula is C18H23N3O5. The Morgan fingerprint density at radius 1 is 1.31 bits per heavy atom. The Morgan fingerprint density at radius 2 is 2.08 bits per heavy atom. The van der Waals surface area contributed by atoms with Crippen LogP contribution in [0.15, 0.2) is 40.8 Å². The van der Waals surface area contributed by atoms with Gasteiger partial charge in [-0.1, -0.05) is 25.5 Å². The van der Waals surface area contributed by atoms with Gasteiger partial charge >= 0.3 is 5.97 Å². The van der Waals surface area contributed by atoms with Gasteiger partial charge in [0.1, 0.15) is 23.6 Å². The summed E-state index contributed by atoms with van der Waals surface area (Å²) in [4.78, 5) is 24.4. The number of carbonyl (C=O) groups excluding carboxylic acids is 2. The number of hydrogen-bond donors (Lipinski definition) is 3. The van der Waals surface area contributed by atoms with Crippen LogP contribution in [0.5, 0.6) is 5.75 Å².